The van der Waals surface area contributed by atoms with Crippen LogP contribution in [-0.2, 0) is 16.1 Å². The number of hydrogen-bond donors (Lipinski definition) is 0. The van der Waals surface area contributed by atoms with E-state index < -0.39 is 0 Å². The molecule has 0 saturated heterocycles. The summed E-state index contributed by atoms with van der Waals surface area (Å²) in [5.41, 5.74) is 4.57. The van der Waals surface area contributed by atoms with Crippen LogP contribution in [0.5, 0.6) is 0 Å². The summed E-state index contributed by atoms with van der Waals surface area (Å²) < 4.78 is 5.24. The van der Waals surface area contributed by atoms with Crippen LogP contribution in [0.25, 0.3) is 0 Å². The third-order valence-corrected chi connectivity index (χ3v) is 2.96. The third-order valence-electron chi connectivity index (χ3n) is 2.96. The van der Waals surface area contributed by atoms with E-state index in [2.05, 4.69) is 19.9 Å². The number of allylic oxidation sites excluding steroid dienone is 3. The zero-order valence-electron chi connectivity index (χ0n) is 12.9. The highest BCUT2D eigenvalue weighted by molar-refractivity contribution is 5.82. The lowest BCUT2D eigenvalue weighted by Gasteiger charge is -2.04. The number of hydrogen-bond acceptors (Lipinski definition) is 2. The first-order chi connectivity index (χ1) is 9.47. The van der Waals surface area contributed by atoms with Crippen molar-refractivity contribution in [2.45, 2.75) is 47.1 Å². The van der Waals surface area contributed by atoms with Crippen molar-refractivity contribution < 1.29 is 9.53 Å². The second-order valence-electron chi connectivity index (χ2n) is 5.40. The lowest BCUT2D eigenvalue weighted by atomic mass is 10.1. The average molecular weight is 272 g/mol. The molecule has 0 spiro atoms. The maximum Gasteiger partial charge on any atom is 0.331 e. The van der Waals surface area contributed by atoms with Gasteiger partial charge in [0.1, 0.15) is 6.61 Å². The molecule has 0 bridgehead atoms. The predicted octanol–water partition coefficient (Wildman–Crippen LogP) is 4.73. The standard InChI is InChI=1S/C18H24O2/c1-14(2)6-5-7-16(4)12-18(19)20-13-17-10-8-15(3)9-11-17/h6,8-12H,5,7,13H2,1-4H3/b16-12+. The second-order valence-corrected chi connectivity index (χ2v) is 5.40. The Balaban J connectivity index is 2.38. The summed E-state index contributed by atoms with van der Waals surface area (Å²) in [5.74, 6) is -0.264. The van der Waals surface area contributed by atoms with Gasteiger partial charge in [-0.05, 0) is 46.1 Å². The van der Waals surface area contributed by atoms with Crippen molar-refractivity contribution in [3.63, 3.8) is 0 Å². The zero-order valence-corrected chi connectivity index (χ0v) is 12.9. The van der Waals surface area contributed by atoms with Crippen molar-refractivity contribution in [1.82, 2.24) is 0 Å². The minimum absolute atomic E-state index is 0.264. The summed E-state index contributed by atoms with van der Waals surface area (Å²) in [5, 5.41) is 0. The second kappa shape index (κ2) is 8.36. The summed E-state index contributed by atoms with van der Waals surface area (Å²) >= 11 is 0. The van der Waals surface area contributed by atoms with E-state index in [9.17, 15) is 4.79 Å². The molecule has 0 fully saturated rings. The number of esters is 1. The Bertz CT molecular complexity index is 489. The van der Waals surface area contributed by atoms with Gasteiger partial charge in [-0.3, -0.25) is 0 Å². The lowest BCUT2D eigenvalue weighted by Crippen LogP contribution is -2.02. The van der Waals surface area contributed by atoms with Gasteiger partial charge in [-0.2, -0.15) is 0 Å². The number of rotatable bonds is 6. The fourth-order valence-electron chi connectivity index (χ4n) is 1.74. The monoisotopic (exact) mass is 272 g/mol. The number of ether oxygens (including phenoxy) is 1. The normalized spacial score (nSPS) is 11.1. The van der Waals surface area contributed by atoms with E-state index in [4.69, 9.17) is 4.74 Å². The van der Waals surface area contributed by atoms with Gasteiger partial charge in [0.2, 0.25) is 0 Å². The molecule has 0 radical (unpaired) electrons. The predicted molar refractivity (Wildman–Crippen MR) is 83.4 cm³/mol. The highest BCUT2D eigenvalue weighted by Gasteiger charge is 2.01. The summed E-state index contributed by atoms with van der Waals surface area (Å²) in [6.07, 6.45) is 5.63. The van der Waals surface area contributed by atoms with E-state index >= 15 is 0 Å². The SMILES string of the molecule is CC(C)=CCC/C(C)=C/C(=O)OCc1ccc(C)cc1. The molecule has 0 aromatic heterocycles. The molecule has 1 aromatic carbocycles. The van der Waals surface area contributed by atoms with Crippen molar-refractivity contribution in [3.8, 4) is 0 Å². The lowest BCUT2D eigenvalue weighted by molar-refractivity contribution is -0.139. The van der Waals surface area contributed by atoms with Gasteiger partial charge in [0, 0.05) is 6.08 Å². The Morgan fingerprint density at radius 3 is 2.40 bits per heavy atom. The van der Waals surface area contributed by atoms with Gasteiger partial charge in [0.15, 0.2) is 0 Å². The summed E-state index contributed by atoms with van der Waals surface area (Å²) in [6, 6.07) is 8.00. The molecule has 108 valence electrons. The van der Waals surface area contributed by atoms with E-state index in [0.717, 1.165) is 24.0 Å². The molecule has 1 aromatic rings. The molecular formula is C18H24O2. The van der Waals surface area contributed by atoms with E-state index in [1.807, 2.05) is 38.1 Å². The first-order valence-electron chi connectivity index (χ1n) is 7.00. The van der Waals surface area contributed by atoms with Gasteiger partial charge in [-0.1, -0.05) is 47.1 Å². The maximum absolute atomic E-state index is 11.7. The van der Waals surface area contributed by atoms with E-state index in [1.165, 1.54) is 11.1 Å². The van der Waals surface area contributed by atoms with Gasteiger partial charge in [0.05, 0.1) is 0 Å². The van der Waals surface area contributed by atoms with Gasteiger partial charge < -0.3 is 4.74 Å². The number of carbonyl (C=O) groups excluding carboxylic acids is 1. The quantitative estimate of drug-likeness (QED) is 0.425. The molecule has 0 atom stereocenters. The van der Waals surface area contributed by atoms with Gasteiger partial charge >= 0.3 is 5.97 Å². The minimum atomic E-state index is -0.264. The third kappa shape index (κ3) is 6.93. The van der Waals surface area contributed by atoms with Gasteiger partial charge in [-0.15, -0.1) is 0 Å². The molecule has 1 rings (SSSR count). The van der Waals surface area contributed by atoms with Gasteiger partial charge in [-0.25, -0.2) is 4.79 Å². The molecule has 0 amide bonds. The zero-order chi connectivity index (χ0) is 15.0. The molecule has 2 heteroatoms. The van der Waals surface area contributed by atoms with Crippen LogP contribution in [0.3, 0.4) is 0 Å². The molecular weight excluding hydrogens is 248 g/mol. The summed E-state index contributed by atoms with van der Waals surface area (Å²) in [7, 11) is 0. The van der Waals surface area contributed by atoms with Crippen LogP contribution >= 0.6 is 0 Å². The van der Waals surface area contributed by atoms with Crippen LogP contribution < -0.4 is 0 Å². The van der Waals surface area contributed by atoms with Crippen LogP contribution in [0.4, 0.5) is 0 Å². The molecule has 20 heavy (non-hydrogen) atoms. The molecule has 2 nitrogen and oxygen atoms in total. The largest absolute Gasteiger partial charge is 0.458 e. The Morgan fingerprint density at radius 2 is 1.80 bits per heavy atom. The molecule has 0 heterocycles. The molecule has 0 unspecified atom stereocenters. The van der Waals surface area contributed by atoms with E-state index in [0.29, 0.717) is 6.61 Å². The molecule has 0 aliphatic carbocycles. The van der Waals surface area contributed by atoms with Crippen molar-refractivity contribution in [1.29, 1.82) is 0 Å². The Morgan fingerprint density at radius 1 is 1.15 bits per heavy atom. The molecule has 0 aliphatic heterocycles. The van der Waals surface area contributed by atoms with Crippen LogP contribution in [0.15, 0.2) is 47.6 Å². The van der Waals surface area contributed by atoms with E-state index in [-0.39, 0.29) is 5.97 Å². The highest BCUT2D eigenvalue weighted by Crippen LogP contribution is 2.08. The van der Waals surface area contributed by atoms with Crippen LogP contribution in [0.1, 0.15) is 44.7 Å². The Labute approximate surface area is 122 Å². The number of benzene rings is 1. The Hall–Kier alpha value is -1.83. The fraction of sp³-hybridized carbons (Fsp3) is 0.389. The smallest absolute Gasteiger partial charge is 0.331 e. The molecule has 0 aliphatic rings. The summed E-state index contributed by atoms with van der Waals surface area (Å²) in [6.45, 7) is 8.49. The summed E-state index contributed by atoms with van der Waals surface area (Å²) in [4.78, 5) is 11.7. The first kappa shape index (κ1) is 16.2. The maximum atomic E-state index is 11.7. The Kier molecular flexibility index (Phi) is 6.78. The van der Waals surface area contributed by atoms with Crippen molar-refractivity contribution in [2.75, 3.05) is 0 Å². The van der Waals surface area contributed by atoms with Gasteiger partial charge in [0.25, 0.3) is 0 Å². The van der Waals surface area contributed by atoms with Crippen LogP contribution in [-0.4, -0.2) is 5.97 Å². The average Bonchev–Trinajstić information content (AvgIpc) is 2.37. The van der Waals surface area contributed by atoms with Crippen molar-refractivity contribution in [2.24, 2.45) is 0 Å². The molecule has 0 saturated carbocycles. The fourth-order valence-corrected chi connectivity index (χ4v) is 1.74. The highest BCUT2D eigenvalue weighted by atomic mass is 16.5. The van der Waals surface area contributed by atoms with Crippen molar-refractivity contribution in [3.05, 3.63) is 58.7 Å². The van der Waals surface area contributed by atoms with Crippen molar-refractivity contribution >= 4 is 5.97 Å². The number of aryl methyl sites for hydroxylation is 1. The van der Waals surface area contributed by atoms with Crippen LogP contribution in [0.2, 0.25) is 0 Å². The number of carbonyl (C=O) groups is 1. The van der Waals surface area contributed by atoms with Crippen LogP contribution in [0, 0.1) is 6.92 Å². The first-order valence-corrected chi connectivity index (χ1v) is 7.00. The topological polar surface area (TPSA) is 26.3 Å². The minimum Gasteiger partial charge on any atom is -0.458 e. The van der Waals surface area contributed by atoms with E-state index in [1.54, 1.807) is 6.08 Å². The molecule has 0 N–H and O–H groups in total.